The van der Waals surface area contributed by atoms with Crippen molar-refractivity contribution in [3.05, 3.63) is 48.1 Å². The summed E-state index contributed by atoms with van der Waals surface area (Å²) in [6.07, 6.45) is 11.6. The number of hydrogen-bond donors (Lipinski definition) is 3. The van der Waals surface area contributed by atoms with E-state index < -0.39 is 12.5 Å². The van der Waals surface area contributed by atoms with E-state index in [1.54, 1.807) is 18.2 Å². The zero-order chi connectivity index (χ0) is 19.8. The van der Waals surface area contributed by atoms with E-state index in [2.05, 4.69) is 48.4 Å². The molecule has 148 valence electrons. The van der Waals surface area contributed by atoms with Crippen LogP contribution in [0.25, 0.3) is 0 Å². The molecule has 3 unspecified atom stereocenters. The second-order valence-electron chi connectivity index (χ2n) is 5.98. The van der Waals surface area contributed by atoms with Gasteiger partial charge in [-0.1, -0.05) is 49.4 Å². The summed E-state index contributed by atoms with van der Waals surface area (Å²) in [7, 11) is 0. The highest BCUT2D eigenvalue weighted by Crippen LogP contribution is 2.05. The second kappa shape index (κ2) is 16.0. The number of aliphatic imine (C=N–C) groups is 1. The molecule has 3 N–H and O–H groups in total. The van der Waals surface area contributed by atoms with Gasteiger partial charge in [-0.2, -0.15) is 0 Å². The number of likely N-dealkylation sites (N-methyl/N-ethyl adjacent to an activating group) is 1. The van der Waals surface area contributed by atoms with Crippen molar-refractivity contribution in [2.24, 2.45) is 4.99 Å². The van der Waals surface area contributed by atoms with Gasteiger partial charge in [-0.15, -0.1) is 0 Å². The van der Waals surface area contributed by atoms with E-state index in [-0.39, 0.29) is 0 Å². The maximum absolute atomic E-state index is 9.90. The summed E-state index contributed by atoms with van der Waals surface area (Å²) in [5.74, 6) is 0. The monoisotopic (exact) mass is 383 g/mol. The number of hydrogen-bond acceptors (Lipinski definition) is 5. The van der Waals surface area contributed by atoms with Gasteiger partial charge in [0.15, 0.2) is 0 Å². The van der Waals surface area contributed by atoms with Crippen LogP contribution in [0.3, 0.4) is 0 Å². The standard InChI is InChI=1S/C20H34ClN3O2/c1-5-18(21)12-9-7-8-10-15-24(6-2)17(3)16-23-20(26)14-11-13-19(25)22-4/h5,7,9,11-12,14,17,19-20,23,25-26H,1,4,6,8,10,13,15-16H2,2-3H3/b9-7+,14-11+,18-12+. The Morgan fingerprint density at radius 2 is 2.08 bits per heavy atom. The van der Waals surface area contributed by atoms with Crippen molar-refractivity contribution in [3.63, 3.8) is 0 Å². The highest BCUT2D eigenvalue weighted by Gasteiger charge is 2.12. The summed E-state index contributed by atoms with van der Waals surface area (Å²) in [5.41, 5.74) is 0. The van der Waals surface area contributed by atoms with Crippen LogP contribution in [0.15, 0.2) is 53.1 Å². The Hall–Kier alpha value is -1.24. The maximum Gasteiger partial charge on any atom is 0.147 e. The van der Waals surface area contributed by atoms with Gasteiger partial charge in [-0.05, 0) is 51.7 Å². The fourth-order valence-corrected chi connectivity index (χ4v) is 2.39. The van der Waals surface area contributed by atoms with Gasteiger partial charge in [0.2, 0.25) is 0 Å². The van der Waals surface area contributed by atoms with E-state index >= 15 is 0 Å². The van der Waals surface area contributed by atoms with E-state index in [9.17, 15) is 10.2 Å². The van der Waals surface area contributed by atoms with Gasteiger partial charge >= 0.3 is 0 Å². The summed E-state index contributed by atoms with van der Waals surface area (Å²) in [5, 5.41) is 22.9. The minimum Gasteiger partial charge on any atom is -0.375 e. The van der Waals surface area contributed by atoms with Crippen LogP contribution in [-0.2, 0) is 0 Å². The Kier molecular flexibility index (Phi) is 15.2. The summed E-state index contributed by atoms with van der Waals surface area (Å²) in [6, 6.07) is 0.308. The maximum atomic E-state index is 9.90. The summed E-state index contributed by atoms with van der Waals surface area (Å²) in [6.45, 7) is 13.8. The molecule has 0 aromatic rings. The molecule has 0 heterocycles. The molecule has 0 aromatic carbocycles. The number of nitrogens with zero attached hydrogens (tertiary/aromatic N) is 2. The third-order valence-corrected chi connectivity index (χ3v) is 4.21. The third-order valence-electron chi connectivity index (χ3n) is 3.93. The van der Waals surface area contributed by atoms with E-state index in [1.807, 2.05) is 12.2 Å². The number of aliphatic hydroxyl groups is 2. The van der Waals surface area contributed by atoms with E-state index in [0.29, 0.717) is 24.0 Å². The number of nitrogens with one attached hydrogen (secondary N) is 1. The quantitative estimate of drug-likeness (QED) is 0.133. The summed E-state index contributed by atoms with van der Waals surface area (Å²) in [4.78, 5) is 5.85. The van der Waals surface area contributed by atoms with Crippen molar-refractivity contribution < 1.29 is 10.2 Å². The van der Waals surface area contributed by atoms with Crippen LogP contribution < -0.4 is 5.32 Å². The number of unbranched alkanes of at least 4 members (excludes halogenated alkanes) is 1. The van der Waals surface area contributed by atoms with E-state index in [4.69, 9.17) is 11.6 Å². The summed E-state index contributed by atoms with van der Waals surface area (Å²) < 4.78 is 0. The number of allylic oxidation sites excluding steroid dienone is 5. The molecule has 0 aliphatic rings. The SMILES string of the molecule is C=C/C(Cl)=C\C=C\CCCN(CC)C(C)CNC(O)/C=C/CC(O)N=C. The van der Waals surface area contributed by atoms with Crippen molar-refractivity contribution in [1.82, 2.24) is 10.2 Å². The first kappa shape index (κ1) is 24.8. The lowest BCUT2D eigenvalue weighted by atomic mass is 10.2. The Balaban J connectivity index is 4.10. The molecule has 0 aliphatic heterocycles. The molecule has 0 fully saturated rings. The van der Waals surface area contributed by atoms with Crippen molar-refractivity contribution in [1.29, 1.82) is 0 Å². The van der Waals surface area contributed by atoms with E-state index in [1.165, 1.54) is 0 Å². The summed E-state index contributed by atoms with van der Waals surface area (Å²) >= 11 is 5.84. The molecule has 0 aliphatic carbocycles. The largest absolute Gasteiger partial charge is 0.375 e. The molecule has 3 atom stereocenters. The average molecular weight is 384 g/mol. The Bertz CT molecular complexity index is 478. The zero-order valence-electron chi connectivity index (χ0n) is 16.0. The van der Waals surface area contributed by atoms with Crippen LogP contribution in [0.4, 0.5) is 0 Å². The number of rotatable bonds is 15. The van der Waals surface area contributed by atoms with Gasteiger partial charge in [0.05, 0.1) is 0 Å². The lowest BCUT2D eigenvalue weighted by Crippen LogP contribution is -2.43. The van der Waals surface area contributed by atoms with Gasteiger partial charge in [-0.3, -0.25) is 15.2 Å². The zero-order valence-corrected chi connectivity index (χ0v) is 16.8. The molecule has 0 aromatic heterocycles. The van der Waals surface area contributed by atoms with Gasteiger partial charge in [0, 0.05) is 24.0 Å². The molecule has 26 heavy (non-hydrogen) atoms. The van der Waals surface area contributed by atoms with Crippen molar-refractivity contribution in [2.75, 3.05) is 19.6 Å². The highest BCUT2D eigenvalue weighted by atomic mass is 35.5. The van der Waals surface area contributed by atoms with Gasteiger partial charge in [0.1, 0.15) is 12.5 Å². The lowest BCUT2D eigenvalue weighted by Gasteiger charge is -2.28. The fourth-order valence-electron chi connectivity index (χ4n) is 2.32. The first-order chi connectivity index (χ1) is 12.4. The van der Waals surface area contributed by atoms with E-state index in [0.717, 1.165) is 25.9 Å². The molecule has 5 nitrogen and oxygen atoms in total. The first-order valence-corrected chi connectivity index (χ1v) is 9.43. The molecule has 0 amide bonds. The molecule has 6 heteroatoms. The fraction of sp³-hybridized carbons (Fsp3) is 0.550. The molecular formula is C20H34ClN3O2. The average Bonchev–Trinajstić information content (AvgIpc) is 2.64. The van der Waals surface area contributed by atoms with Crippen LogP contribution in [0.5, 0.6) is 0 Å². The van der Waals surface area contributed by atoms with Crippen LogP contribution in [0.1, 0.15) is 33.1 Å². The molecular weight excluding hydrogens is 350 g/mol. The molecule has 0 saturated heterocycles. The van der Waals surface area contributed by atoms with Crippen LogP contribution in [0.2, 0.25) is 0 Å². The van der Waals surface area contributed by atoms with Crippen LogP contribution in [-0.4, -0.2) is 60.0 Å². The second-order valence-corrected chi connectivity index (χ2v) is 6.42. The predicted molar refractivity (Wildman–Crippen MR) is 113 cm³/mol. The molecule has 0 saturated carbocycles. The van der Waals surface area contributed by atoms with Crippen molar-refractivity contribution >= 4 is 18.3 Å². The Morgan fingerprint density at radius 3 is 2.69 bits per heavy atom. The topological polar surface area (TPSA) is 68.1 Å². The van der Waals surface area contributed by atoms with Crippen LogP contribution in [0, 0.1) is 0 Å². The van der Waals surface area contributed by atoms with Crippen molar-refractivity contribution in [3.8, 4) is 0 Å². The minimum atomic E-state index is -0.815. The number of aliphatic hydroxyl groups excluding tert-OH is 2. The normalized spacial score (nSPS) is 16.3. The number of halogens is 1. The molecule has 0 radical (unpaired) electrons. The Morgan fingerprint density at radius 1 is 1.35 bits per heavy atom. The Labute approximate surface area is 163 Å². The predicted octanol–water partition coefficient (Wildman–Crippen LogP) is 3.22. The smallest absolute Gasteiger partial charge is 0.147 e. The van der Waals surface area contributed by atoms with Gasteiger partial charge < -0.3 is 10.2 Å². The van der Waals surface area contributed by atoms with Gasteiger partial charge in [-0.25, -0.2) is 0 Å². The van der Waals surface area contributed by atoms with Gasteiger partial charge in [0.25, 0.3) is 0 Å². The molecule has 0 bridgehead atoms. The third kappa shape index (κ3) is 13.0. The van der Waals surface area contributed by atoms with Crippen molar-refractivity contribution in [2.45, 2.75) is 51.6 Å². The first-order valence-electron chi connectivity index (χ1n) is 9.05. The molecule has 0 spiro atoms. The minimum absolute atomic E-state index is 0.308. The lowest BCUT2D eigenvalue weighted by molar-refractivity contribution is 0.152. The molecule has 0 rings (SSSR count). The highest BCUT2D eigenvalue weighted by molar-refractivity contribution is 6.31. The van der Waals surface area contributed by atoms with Crippen LogP contribution >= 0.6 is 11.6 Å².